The van der Waals surface area contributed by atoms with E-state index in [1.807, 2.05) is 0 Å². The summed E-state index contributed by atoms with van der Waals surface area (Å²) in [4.78, 5) is 31.7. The standard InChI is InChI=1S/C25H23BrN2O6S/c1-5-34-24(31)21-13(2)27-25-28(22(21)17-8-7-16(32-3)12-19(17)33-4)23(30)20(35-25)11-14-10-15(26)6-9-18(14)29/h6-12,22,29H,5H2,1-4H3/b20-11-/t22-/m0/s1. The van der Waals surface area contributed by atoms with Crippen LogP contribution in [0.3, 0.4) is 0 Å². The zero-order valence-electron chi connectivity index (χ0n) is 19.5. The second-order valence-electron chi connectivity index (χ2n) is 7.61. The smallest absolute Gasteiger partial charge is 0.338 e. The van der Waals surface area contributed by atoms with Gasteiger partial charge in [-0.15, -0.1) is 0 Å². The molecule has 0 radical (unpaired) electrons. The lowest BCUT2D eigenvalue weighted by Crippen LogP contribution is -2.40. The van der Waals surface area contributed by atoms with Crippen LogP contribution in [-0.2, 0) is 9.53 Å². The van der Waals surface area contributed by atoms with Crippen molar-refractivity contribution < 1.29 is 24.1 Å². The molecule has 0 spiro atoms. The van der Waals surface area contributed by atoms with Gasteiger partial charge in [0.25, 0.3) is 5.56 Å². The predicted molar refractivity (Wildman–Crippen MR) is 136 cm³/mol. The van der Waals surface area contributed by atoms with Crippen molar-refractivity contribution in [2.75, 3.05) is 20.8 Å². The first-order valence-corrected chi connectivity index (χ1v) is 12.3. The van der Waals surface area contributed by atoms with Gasteiger partial charge >= 0.3 is 5.97 Å². The molecule has 1 atom stereocenters. The number of carbonyl (C=O) groups excluding carboxylic acids is 1. The lowest BCUT2D eigenvalue weighted by atomic mass is 9.95. The van der Waals surface area contributed by atoms with Crippen LogP contribution in [0.15, 0.2) is 61.9 Å². The summed E-state index contributed by atoms with van der Waals surface area (Å²) < 4.78 is 18.8. The summed E-state index contributed by atoms with van der Waals surface area (Å²) in [6.07, 6.45) is 1.61. The molecule has 0 unspecified atom stereocenters. The van der Waals surface area contributed by atoms with Gasteiger partial charge < -0.3 is 19.3 Å². The fourth-order valence-corrected chi connectivity index (χ4v) is 5.33. The maximum atomic E-state index is 13.7. The average Bonchev–Trinajstić information content (AvgIpc) is 3.14. The number of aromatic nitrogens is 1. The second-order valence-corrected chi connectivity index (χ2v) is 9.54. The number of thiazole rings is 1. The molecular formula is C25H23BrN2O6S. The number of ether oxygens (including phenoxy) is 3. The number of methoxy groups -OCH3 is 2. The van der Waals surface area contributed by atoms with Crippen molar-refractivity contribution in [3.63, 3.8) is 0 Å². The summed E-state index contributed by atoms with van der Waals surface area (Å²) in [6, 6.07) is 9.34. The van der Waals surface area contributed by atoms with E-state index in [0.717, 1.165) is 4.47 Å². The molecule has 0 saturated heterocycles. The molecule has 0 fully saturated rings. The molecule has 2 heterocycles. The predicted octanol–water partition coefficient (Wildman–Crippen LogP) is 3.28. The summed E-state index contributed by atoms with van der Waals surface area (Å²) in [5, 5.41) is 10.3. The van der Waals surface area contributed by atoms with Crippen molar-refractivity contribution in [2.24, 2.45) is 4.99 Å². The summed E-state index contributed by atoms with van der Waals surface area (Å²) in [6.45, 7) is 3.61. The van der Waals surface area contributed by atoms with Crippen molar-refractivity contribution in [3.8, 4) is 17.2 Å². The Bertz CT molecular complexity index is 1520. The van der Waals surface area contributed by atoms with E-state index in [1.54, 1.807) is 63.4 Å². The highest BCUT2D eigenvalue weighted by Gasteiger charge is 2.35. The SMILES string of the molecule is CCOC(=O)C1=C(C)N=c2s/c(=C\c3cc(Br)ccc3O)c(=O)n2[C@H]1c1ccc(OC)cc1OC. The van der Waals surface area contributed by atoms with Gasteiger partial charge in [0.15, 0.2) is 4.80 Å². The molecule has 2 aromatic carbocycles. The third kappa shape index (κ3) is 4.63. The number of rotatable bonds is 6. The highest BCUT2D eigenvalue weighted by Crippen LogP contribution is 2.37. The Labute approximate surface area is 213 Å². The fraction of sp³-hybridized carbons (Fsp3) is 0.240. The molecular weight excluding hydrogens is 536 g/mol. The molecule has 1 aliphatic rings. The first-order valence-electron chi connectivity index (χ1n) is 10.7. The highest BCUT2D eigenvalue weighted by molar-refractivity contribution is 9.10. The zero-order valence-corrected chi connectivity index (χ0v) is 21.9. The third-order valence-electron chi connectivity index (χ3n) is 5.53. The van der Waals surface area contributed by atoms with Crippen LogP contribution in [0.5, 0.6) is 17.2 Å². The van der Waals surface area contributed by atoms with Crippen molar-refractivity contribution in [1.29, 1.82) is 0 Å². The van der Waals surface area contributed by atoms with E-state index in [1.165, 1.54) is 23.0 Å². The molecule has 4 rings (SSSR count). The van der Waals surface area contributed by atoms with Gasteiger partial charge in [-0.3, -0.25) is 9.36 Å². The molecule has 1 N–H and O–H groups in total. The zero-order chi connectivity index (χ0) is 25.3. The lowest BCUT2D eigenvalue weighted by Gasteiger charge is -2.26. The van der Waals surface area contributed by atoms with Gasteiger partial charge in [-0.05, 0) is 50.3 Å². The van der Waals surface area contributed by atoms with Crippen molar-refractivity contribution >= 4 is 39.3 Å². The molecule has 1 aromatic heterocycles. The van der Waals surface area contributed by atoms with Crippen LogP contribution in [-0.4, -0.2) is 36.5 Å². The Morgan fingerprint density at radius 2 is 2.00 bits per heavy atom. The quantitative estimate of drug-likeness (QED) is 0.466. The van der Waals surface area contributed by atoms with Gasteiger partial charge in [-0.25, -0.2) is 9.79 Å². The number of carbonyl (C=O) groups is 1. The number of esters is 1. The minimum atomic E-state index is -0.829. The third-order valence-corrected chi connectivity index (χ3v) is 7.00. The Morgan fingerprint density at radius 1 is 1.23 bits per heavy atom. The van der Waals surface area contributed by atoms with Crippen LogP contribution in [0, 0.1) is 0 Å². The number of halogens is 1. The number of hydrogen-bond donors (Lipinski definition) is 1. The molecule has 0 saturated carbocycles. The van der Waals surface area contributed by atoms with Gasteiger partial charge in [-0.2, -0.15) is 0 Å². The summed E-state index contributed by atoms with van der Waals surface area (Å²) in [5.74, 6) is 0.498. The first-order chi connectivity index (χ1) is 16.8. The summed E-state index contributed by atoms with van der Waals surface area (Å²) >= 11 is 4.56. The van der Waals surface area contributed by atoms with Crippen LogP contribution in [0.25, 0.3) is 6.08 Å². The minimum absolute atomic E-state index is 0.0378. The summed E-state index contributed by atoms with van der Waals surface area (Å²) in [5.41, 5.74) is 1.41. The van der Waals surface area contributed by atoms with Crippen LogP contribution >= 0.6 is 27.3 Å². The van der Waals surface area contributed by atoms with E-state index in [2.05, 4.69) is 20.9 Å². The number of hydrogen-bond acceptors (Lipinski definition) is 8. The molecule has 0 bridgehead atoms. The monoisotopic (exact) mass is 558 g/mol. The van der Waals surface area contributed by atoms with Crippen LogP contribution in [0.4, 0.5) is 0 Å². The van der Waals surface area contributed by atoms with E-state index in [4.69, 9.17) is 14.2 Å². The van der Waals surface area contributed by atoms with Gasteiger partial charge in [0.1, 0.15) is 23.3 Å². The van der Waals surface area contributed by atoms with Crippen molar-refractivity contribution in [2.45, 2.75) is 19.9 Å². The largest absolute Gasteiger partial charge is 0.507 e. The number of benzene rings is 2. The van der Waals surface area contributed by atoms with E-state index in [0.29, 0.717) is 37.7 Å². The maximum absolute atomic E-state index is 13.7. The van der Waals surface area contributed by atoms with Gasteiger partial charge in [0, 0.05) is 21.7 Å². The number of fused-ring (bicyclic) bond motifs is 1. The molecule has 182 valence electrons. The molecule has 8 nitrogen and oxygen atoms in total. The van der Waals surface area contributed by atoms with E-state index in [-0.39, 0.29) is 23.5 Å². The van der Waals surface area contributed by atoms with Crippen LogP contribution in [0.1, 0.15) is 31.0 Å². The Kier molecular flexibility index (Phi) is 7.13. The molecule has 0 amide bonds. The van der Waals surface area contributed by atoms with Gasteiger partial charge in [-0.1, -0.05) is 27.3 Å². The molecule has 35 heavy (non-hydrogen) atoms. The Hall–Kier alpha value is -3.37. The maximum Gasteiger partial charge on any atom is 0.338 e. The second kappa shape index (κ2) is 10.1. The van der Waals surface area contributed by atoms with Crippen molar-refractivity contribution in [3.05, 3.63) is 83.0 Å². The van der Waals surface area contributed by atoms with E-state index in [9.17, 15) is 14.7 Å². The molecule has 10 heteroatoms. The molecule has 3 aromatic rings. The first kappa shape index (κ1) is 24.7. The minimum Gasteiger partial charge on any atom is -0.507 e. The molecule has 1 aliphatic heterocycles. The fourth-order valence-electron chi connectivity index (χ4n) is 3.91. The van der Waals surface area contributed by atoms with Gasteiger partial charge in [0.2, 0.25) is 0 Å². The van der Waals surface area contributed by atoms with E-state index >= 15 is 0 Å². The number of phenols is 1. The Morgan fingerprint density at radius 3 is 2.69 bits per heavy atom. The number of nitrogens with zero attached hydrogens (tertiary/aromatic N) is 2. The Balaban J connectivity index is 2.01. The highest BCUT2D eigenvalue weighted by atomic mass is 79.9. The normalized spacial score (nSPS) is 15.5. The summed E-state index contributed by atoms with van der Waals surface area (Å²) in [7, 11) is 3.06. The lowest BCUT2D eigenvalue weighted by molar-refractivity contribution is -0.139. The van der Waals surface area contributed by atoms with Crippen molar-refractivity contribution in [1.82, 2.24) is 4.57 Å². The van der Waals surface area contributed by atoms with Crippen LogP contribution < -0.4 is 24.4 Å². The van der Waals surface area contributed by atoms with Gasteiger partial charge in [0.05, 0.1) is 36.6 Å². The number of phenolic OH excluding ortho intramolecular Hbond substituents is 1. The topological polar surface area (TPSA) is 99.4 Å². The number of aromatic hydroxyl groups is 1. The van der Waals surface area contributed by atoms with E-state index < -0.39 is 12.0 Å². The van der Waals surface area contributed by atoms with Crippen LogP contribution in [0.2, 0.25) is 0 Å². The average molecular weight is 559 g/mol. The molecule has 0 aliphatic carbocycles. The number of allylic oxidation sites excluding steroid dienone is 1.